The van der Waals surface area contributed by atoms with E-state index in [1.54, 1.807) is 29.5 Å². The average Bonchev–Trinajstić information content (AvgIpc) is 3.17. The number of ether oxygens (including phenoxy) is 2. The third kappa shape index (κ3) is 6.46. The Morgan fingerprint density at radius 1 is 1.03 bits per heavy atom. The van der Waals surface area contributed by atoms with Gasteiger partial charge in [-0.2, -0.15) is 9.97 Å². The molecule has 0 aromatic carbocycles. The monoisotopic (exact) mass is 482 g/mol. The van der Waals surface area contributed by atoms with Gasteiger partial charge in [-0.25, -0.2) is 4.98 Å². The average molecular weight is 483 g/mol. The fraction of sp³-hybridized carbons (Fsp3) is 0.278. The molecule has 0 saturated heterocycles. The zero-order valence-electron chi connectivity index (χ0n) is 17.5. The maximum absolute atomic E-state index is 11.1. The Kier molecular flexibility index (Phi) is 8.61. The second-order valence-electron chi connectivity index (χ2n) is 6.08. The number of nitro groups is 2. The third-order valence-corrected chi connectivity index (χ3v) is 5.04. The van der Waals surface area contributed by atoms with Crippen molar-refractivity contribution < 1.29 is 19.3 Å². The maximum Gasteiger partial charge on any atom is 0.311 e. The summed E-state index contributed by atoms with van der Waals surface area (Å²) in [4.78, 5) is 35.0. The lowest BCUT2D eigenvalue weighted by atomic mass is 10.3. The van der Waals surface area contributed by atoms with Gasteiger partial charge in [0, 0.05) is 42.4 Å². The van der Waals surface area contributed by atoms with E-state index in [1.807, 2.05) is 6.92 Å². The molecule has 0 fully saturated rings. The molecule has 0 N–H and O–H groups in total. The Balaban J connectivity index is 0.000000258. The van der Waals surface area contributed by atoms with Gasteiger partial charge in [0.15, 0.2) is 0 Å². The highest BCUT2D eigenvalue weighted by atomic mass is 35.5. The first kappa shape index (κ1) is 24.7. The minimum Gasteiger partial charge on any atom is -0.481 e. The van der Waals surface area contributed by atoms with Crippen LogP contribution in [0.15, 0.2) is 30.5 Å². The first-order valence-corrected chi connectivity index (χ1v) is 10.0. The quantitative estimate of drug-likeness (QED) is 0.274. The zero-order valence-corrected chi connectivity index (χ0v) is 19.1. The number of anilines is 1. The largest absolute Gasteiger partial charge is 0.481 e. The molecule has 0 amide bonds. The molecule has 0 atom stereocenters. The molecule has 14 heteroatoms. The van der Waals surface area contributed by atoms with Crippen molar-refractivity contribution in [2.24, 2.45) is 0 Å². The lowest BCUT2D eigenvalue weighted by Gasteiger charge is -2.17. The number of methoxy groups -OCH3 is 2. The van der Waals surface area contributed by atoms with E-state index >= 15 is 0 Å². The molecule has 0 aliphatic heterocycles. The molecule has 170 valence electrons. The summed E-state index contributed by atoms with van der Waals surface area (Å²) >= 11 is 7.02. The normalized spacial score (nSPS) is 10.0. The van der Waals surface area contributed by atoms with Gasteiger partial charge in [-0.3, -0.25) is 20.2 Å². The molecule has 0 bridgehead atoms. The second-order valence-corrected chi connectivity index (χ2v) is 7.75. The van der Waals surface area contributed by atoms with Crippen molar-refractivity contribution in [3.8, 4) is 11.8 Å². The van der Waals surface area contributed by atoms with Crippen LogP contribution in [-0.2, 0) is 6.54 Å². The van der Waals surface area contributed by atoms with Gasteiger partial charge in [0.2, 0.25) is 22.7 Å². The van der Waals surface area contributed by atoms with Crippen molar-refractivity contribution >= 4 is 40.1 Å². The summed E-state index contributed by atoms with van der Waals surface area (Å²) in [6, 6.07) is 5.50. The molecule has 3 aromatic rings. The molecule has 0 radical (unpaired) electrons. The van der Waals surface area contributed by atoms with Crippen LogP contribution in [0.4, 0.5) is 17.2 Å². The van der Waals surface area contributed by atoms with Gasteiger partial charge in [-0.05, 0) is 6.92 Å². The standard InChI is InChI=1S/C12H14N4O3S.C6H5ClN2O3/c1-8-13-6-9(20-8)7-15(2)12-10(16(17)18)4-5-11(14-12)19-3;1-12-5-3-2-4(9(10)11)6(7)8-5/h4-6H,7H2,1-3H3;2-3H,1H3. The molecule has 0 spiro atoms. The van der Waals surface area contributed by atoms with Crippen LogP contribution in [-0.4, -0.2) is 46.1 Å². The van der Waals surface area contributed by atoms with Crippen LogP contribution in [0.3, 0.4) is 0 Å². The Morgan fingerprint density at radius 2 is 1.59 bits per heavy atom. The Hall–Kier alpha value is -3.58. The third-order valence-electron chi connectivity index (χ3n) is 3.87. The molecule has 0 saturated carbocycles. The molecule has 3 rings (SSSR count). The summed E-state index contributed by atoms with van der Waals surface area (Å²) in [6.07, 6.45) is 1.77. The fourth-order valence-corrected chi connectivity index (χ4v) is 3.47. The number of aromatic nitrogens is 3. The van der Waals surface area contributed by atoms with Crippen LogP contribution < -0.4 is 14.4 Å². The van der Waals surface area contributed by atoms with E-state index in [-0.39, 0.29) is 28.2 Å². The van der Waals surface area contributed by atoms with Gasteiger partial charge < -0.3 is 14.4 Å². The highest BCUT2D eigenvalue weighted by Crippen LogP contribution is 2.29. The van der Waals surface area contributed by atoms with Gasteiger partial charge in [-0.1, -0.05) is 11.6 Å². The van der Waals surface area contributed by atoms with E-state index in [1.165, 1.54) is 38.5 Å². The van der Waals surface area contributed by atoms with Gasteiger partial charge >= 0.3 is 11.4 Å². The number of nitrogens with zero attached hydrogens (tertiary/aromatic N) is 6. The number of halogens is 1. The van der Waals surface area contributed by atoms with Gasteiger partial charge in [0.25, 0.3) is 0 Å². The lowest BCUT2D eigenvalue weighted by molar-refractivity contribution is -0.385. The summed E-state index contributed by atoms with van der Waals surface area (Å²) in [5, 5.41) is 22.1. The molecule has 32 heavy (non-hydrogen) atoms. The number of hydrogen-bond acceptors (Lipinski definition) is 11. The van der Waals surface area contributed by atoms with Crippen molar-refractivity contribution in [2.75, 3.05) is 26.2 Å². The van der Waals surface area contributed by atoms with Crippen molar-refractivity contribution in [1.29, 1.82) is 0 Å². The second kappa shape index (κ2) is 11.2. The first-order valence-electron chi connectivity index (χ1n) is 8.83. The van der Waals surface area contributed by atoms with Crippen LogP contribution >= 0.6 is 22.9 Å². The van der Waals surface area contributed by atoms with Crippen LogP contribution in [0.1, 0.15) is 9.88 Å². The summed E-state index contributed by atoms with van der Waals surface area (Å²) < 4.78 is 9.74. The molecule has 12 nitrogen and oxygen atoms in total. The highest BCUT2D eigenvalue weighted by molar-refractivity contribution is 7.11. The van der Waals surface area contributed by atoms with Crippen LogP contribution in [0, 0.1) is 27.2 Å². The number of rotatable bonds is 7. The van der Waals surface area contributed by atoms with Crippen molar-refractivity contribution in [1.82, 2.24) is 15.0 Å². The van der Waals surface area contributed by atoms with E-state index < -0.39 is 9.85 Å². The van der Waals surface area contributed by atoms with E-state index in [4.69, 9.17) is 21.1 Å². The van der Waals surface area contributed by atoms with Crippen molar-refractivity contribution in [3.63, 3.8) is 0 Å². The Morgan fingerprint density at radius 3 is 2.06 bits per heavy atom. The highest BCUT2D eigenvalue weighted by Gasteiger charge is 2.20. The van der Waals surface area contributed by atoms with Crippen LogP contribution in [0.25, 0.3) is 0 Å². The summed E-state index contributed by atoms with van der Waals surface area (Å²) in [6.45, 7) is 2.42. The molecular formula is C18H19ClN6O6S. The number of pyridine rings is 2. The van der Waals surface area contributed by atoms with E-state index in [9.17, 15) is 20.2 Å². The molecule has 0 unspecified atom stereocenters. The molecular weight excluding hydrogens is 464 g/mol. The van der Waals surface area contributed by atoms with E-state index in [2.05, 4.69) is 15.0 Å². The van der Waals surface area contributed by atoms with Gasteiger partial charge in [0.1, 0.15) is 0 Å². The van der Waals surface area contributed by atoms with Gasteiger partial charge in [0.05, 0.1) is 35.6 Å². The lowest BCUT2D eigenvalue weighted by Crippen LogP contribution is -2.18. The number of hydrogen-bond donors (Lipinski definition) is 0. The van der Waals surface area contributed by atoms with Gasteiger partial charge in [-0.15, -0.1) is 11.3 Å². The molecule has 3 aromatic heterocycles. The minimum atomic E-state index is -0.602. The first-order chi connectivity index (χ1) is 15.2. The fourth-order valence-electron chi connectivity index (χ4n) is 2.41. The Labute approximate surface area is 191 Å². The smallest absolute Gasteiger partial charge is 0.311 e. The van der Waals surface area contributed by atoms with E-state index in [0.717, 1.165) is 9.88 Å². The topological polar surface area (TPSA) is 147 Å². The Bertz CT molecular complexity index is 1110. The minimum absolute atomic E-state index is 0.0467. The van der Waals surface area contributed by atoms with Crippen molar-refractivity contribution in [2.45, 2.75) is 13.5 Å². The molecule has 0 aliphatic carbocycles. The molecule has 0 aliphatic rings. The number of aryl methyl sites for hydroxylation is 1. The molecule has 3 heterocycles. The van der Waals surface area contributed by atoms with Crippen molar-refractivity contribution in [3.05, 3.63) is 65.7 Å². The number of thiazole rings is 1. The van der Waals surface area contributed by atoms with Crippen LogP contribution in [0.2, 0.25) is 5.15 Å². The summed E-state index contributed by atoms with van der Waals surface area (Å²) in [7, 11) is 4.64. The van der Waals surface area contributed by atoms with E-state index in [0.29, 0.717) is 12.4 Å². The zero-order chi connectivity index (χ0) is 23.8. The SMILES string of the molecule is COc1ccc([N+](=O)[O-])c(Cl)n1.COc1ccc([N+](=O)[O-])c(N(C)Cc2cnc(C)s2)n1. The predicted octanol–water partition coefficient (Wildman–Crippen LogP) is 4.05. The summed E-state index contributed by atoms with van der Waals surface area (Å²) in [5.74, 6) is 0.879. The summed E-state index contributed by atoms with van der Waals surface area (Å²) in [5.41, 5.74) is -0.271. The predicted molar refractivity (Wildman–Crippen MR) is 119 cm³/mol. The maximum atomic E-state index is 11.1. The van der Waals surface area contributed by atoms with Crippen LogP contribution in [0.5, 0.6) is 11.8 Å².